The average Bonchev–Trinajstić information content (AvgIpc) is 2.23. The number of hydrogen-bond acceptors (Lipinski definition) is 4. The van der Waals surface area contributed by atoms with E-state index in [-0.39, 0.29) is 38.0 Å². The average molecular weight is 255 g/mol. The Morgan fingerprint density at radius 1 is 1.22 bits per heavy atom. The Morgan fingerprint density at radius 3 is 2.33 bits per heavy atom. The summed E-state index contributed by atoms with van der Waals surface area (Å²) in [6.45, 7) is 1.71. The Balaban J connectivity index is 3.91. The minimum absolute atomic E-state index is 0.0867. The molecule has 0 aliphatic rings. The van der Waals surface area contributed by atoms with Crippen LogP contribution in [0.5, 0.6) is 0 Å². The van der Waals surface area contributed by atoms with Crippen molar-refractivity contribution in [3.8, 4) is 12.3 Å². The number of carbonyl (C=O) groups excluding carboxylic acids is 2. The molecule has 0 saturated carbocycles. The van der Waals surface area contributed by atoms with Gasteiger partial charge in [-0.3, -0.25) is 19.3 Å². The van der Waals surface area contributed by atoms with E-state index in [1.54, 1.807) is 0 Å². The SMILES string of the molecule is C#CCN(CC(=O)O)CC(=O)NCCNC(C)=O. The maximum Gasteiger partial charge on any atom is 0.317 e. The molecule has 0 aliphatic carbocycles. The first-order chi connectivity index (χ1) is 8.45. The molecule has 0 spiro atoms. The van der Waals surface area contributed by atoms with Crippen LogP contribution in [0.25, 0.3) is 0 Å². The number of carbonyl (C=O) groups is 3. The summed E-state index contributed by atoms with van der Waals surface area (Å²) in [4.78, 5) is 33.8. The smallest absolute Gasteiger partial charge is 0.317 e. The molecule has 7 heteroatoms. The molecule has 2 amide bonds. The minimum Gasteiger partial charge on any atom is -0.480 e. The molecule has 100 valence electrons. The summed E-state index contributed by atoms with van der Waals surface area (Å²) < 4.78 is 0. The van der Waals surface area contributed by atoms with Gasteiger partial charge >= 0.3 is 5.97 Å². The predicted molar refractivity (Wildman–Crippen MR) is 64.6 cm³/mol. The van der Waals surface area contributed by atoms with Gasteiger partial charge in [0.2, 0.25) is 11.8 Å². The van der Waals surface area contributed by atoms with Crippen molar-refractivity contribution in [3.63, 3.8) is 0 Å². The highest BCUT2D eigenvalue weighted by Gasteiger charge is 2.12. The molecule has 0 aromatic heterocycles. The van der Waals surface area contributed by atoms with Crippen LogP contribution in [0.4, 0.5) is 0 Å². The zero-order chi connectivity index (χ0) is 14.0. The topological polar surface area (TPSA) is 98.7 Å². The highest BCUT2D eigenvalue weighted by molar-refractivity contribution is 5.79. The molecule has 0 saturated heterocycles. The van der Waals surface area contributed by atoms with Crippen LogP contribution in [-0.2, 0) is 14.4 Å². The minimum atomic E-state index is -1.05. The van der Waals surface area contributed by atoms with Gasteiger partial charge in [-0.25, -0.2) is 0 Å². The summed E-state index contributed by atoms with van der Waals surface area (Å²) >= 11 is 0. The quantitative estimate of drug-likeness (QED) is 0.353. The van der Waals surface area contributed by atoms with Gasteiger partial charge in [-0.1, -0.05) is 5.92 Å². The molecule has 18 heavy (non-hydrogen) atoms. The van der Waals surface area contributed by atoms with Gasteiger partial charge in [0.05, 0.1) is 19.6 Å². The van der Waals surface area contributed by atoms with Crippen molar-refractivity contribution >= 4 is 17.8 Å². The van der Waals surface area contributed by atoms with Crippen molar-refractivity contribution in [2.75, 3.05) is 32.7 Å². The van der Waals surface area contributed by atoms with Crippen molar-refractivity contribution in [1.82, 2.24) is 15.5 Å². The highest BCUT2D eigenvalue weighted by Crippen LogP contribution is 1.87. The Morgan fingerprint density at radius 2 is 1.83 bits per heavy atom. The first-order valence-corrected chi connectivity index (χ1v) is 5.34. The van der Waals surface area contributed by atoms with E-state index in [2.05, 4.69) is 16.6 Å². The predicted octanol–water partition coefficient (Wildman–Crippen LogP) is -1.74. The summed E-state index contributed by atoms with van der Waals surface area (Å²) in [7, 11) is 0. The Kier molecular flexibility index (Phi) is 7.98. The van der Waals surface area contributed by atoms with Crippen LogP contribution in [0.1, 0.15) is 6.92 Å². The number of amides is 2. The largest absolute Gasteiger partial charge is 0.480 e. The lowest BCUT2D eigenvalue weighted by molar-refractivity contribution is -0.138. The maximum atomic E-state index is 11.4. The number of nitrogens with one attached hydrogen (secondary N) is 2. The number of rotatable bonds is 8. The third-order valence-corrected chi connectivity index (χ3v) is 1.86. The zero-order valence-electron chi connectivity index (χ0n) is 10.2. The van der Waals surface area contributed by atoms with E-state index in [0.29, 0.717) is 6.54 Å². The van der Waals surface area contributed by atoms with Crippen molar-refractivity contribution < 1.29 is 19.5 Å². The van der Waals surface area contributed by atoms with Crippen molar-refractivity contribution in [2.24, 2.45) is 0 Å². The van der Waals surface area contributed by atoms with Crippen molar-refractivity contribution in [1.29, 1.82) is 0 Å². The van der Waals surface area contributed by atoms with Crippen LogP contribution in [0.3, 0.4) is 0 Å². The van der Waals surface area contributed by atoms with Gasteiger partial charge in [0, 0.05) is 20.0 Å². The van der Waals surface area contributed by atoms with Crippen LogP contribution in [0, 0.1) is 12.3 Å². The van der Waals surface area contributed by atoms with E-state index >= 15 is 0 Å². The number of terminal acetylenes is 1. The molecule has 7 nitrogen and oxygen atoms in total. The Hall–Kier alpha value is -2.07. The van der Waals surface area contributed by atoms with E-state index in [1.807, 2.05) is 0 Å². The van der Waals surface area contributed by atoms with Gasteiger partial charge in [0.1, 0.15) is 0 Å². The summed E-state index contributed by atoms with van der Waals surface area (Å²) in [6, 6.07) is 0. The van der Waals surface area contributed by atoms with E-state index in [9.17, 15) is 14.4 Å². The molecule has 0 heterocycles. The molecule has 3 N–H and O–H groups in total. The van der Waals surface area contributed by atoms with Crippen molar-refractivity contribution in [3.05, 3.63) is 0 Å². The molecule has 0 aromatic rings. The third kappa shape index (κ3) is 9.18. The fraction of sp³-hybridized carbons (Fsp3) is 0.545. The van der Waals surface area contributed by atoms with Crippen LogP contribution in [-0.4, -0.2) is 60.5 Å². The fourth-order valence-corrected chi connectivity index (χ4v) is 1.19. The van der Waals surface area contributed by atoms with Gasteiger partial charge in [-0.05, 0) is 0 Å². The monoisotopic (exact) mass is 255 g/mol. The lowest BCUT2D eigenvalue weighted by atomic mass is 10.4. The first kappa shape index (κ1) is 15.9. The standard InChI is InChI=1S/C11H17N3O4/c1-3-6-14(8-11(17)18)7-10(16)13-5-4-12-9(2)15/h1H,4-8H2,2H3,(H,12,15)(H,13,16)(H,17,18). The lowest BCUT2D eigenvalue weighted by Crippen LogP contribution is -2.42. The molecule has 0 unspecified atom stereocenters. The molecular weight excluding hydrogens is 238 g/mol. The molecule has 0 rings (SSSR count). The number of carboxylic acid groups (broad SMARTS) is 1. The molecule has 0 aromatic carbocycles. The van der Waals surface area contributed by atoms with Crippen LogP contribution in [0.2, 0.25) is 0 Å². The zero-order valence-corrected chi connectivity index (χ0v) is 10.2. The third-order valence-electron chi connectivity index (χ3n) is 1.86. The molecular formula is C11H17N3O4. The summed E-state index contributed by atoms with van der Waals surface area (Å²) in [6.07, 6.45) is 5.07. The normalized spacial score (nSPS) is 9.61. The second-order valence-corrected chi connectivity index (χ2v) is 3.58. The van der Waals surface area contributed by atoms with Gasteiger partial charge in [0.15, 0.2) is 0 Å². The molecule has 0 aliphatic heterocycles. The van der Waals surface area contributed by atoms with E-state index in [0.717, 1.165) is 0 Å². The van der Waals surface area contributed by atoms with E-state index in [1.165, 1.54) is 11.8 Å². The molecule has 0 atom stereocenters. The van der Waals surface area contributed by atoms with E-state index in [4.69, 9.17) is 11.5 Å². The fourth-order valence-electron chi connectivity index (χ4n) is 1.19. The number of nitrogens with zero attached hydrogens (tertiary/aromatic N) is 1. The Bertz CT molecular complexity index is 349. The first-order valence-electron chi connectivity index (χ1n) is 5.34. The number of hydrogen-bond donors (Lipinski definition) is 3. The molecule has 0 radical (unpaired) electrons. The highest BCUT2D eigenvalue weighted by atomic mass is 16.4. The number of aliphatic carboxylic acids is 1. The maximum absolute atomic E-state index is 11.4. The van der Waals surface area contributed by atoms with Gasteiger partial charge < -0.3 is 15.7 Å². The second kappa shape index (κ2) is 9.01. The summed E-state index contributed by atoms with van der Waals surface area (Å²) in [5.41, 5.74) is 0. The second-order valence-electron chi connectivity index (χ2n) is 3.58. The molecule has 0 fully saturated rings. The molecule has 0 bridgehead atoms. The lowest BCUT2D eigenvalue weighted by Gasteiger charge is -2.16. The van der Waals surface area contributed by atoms with Gasteiger partial charge in [-0.15, -0.1) is 6.42 Å². The van der Waals surface area contributed by atoms with Crippen molar-refractivity contribution in [2.45, 2.75) is 6.92 Å². The van der Waals surface area contributed by atoms with Gasteiger partial charge in [-0.2, -0.15) is 0 Å². The van der Waals surface area contributed by atoms with Crippen LogP contribution in [0.15, 0.2) is 0 Å². The number of carboxylic acids is 1. The summed E-state index contributed by atoms with van der Waals surface area (Å²) in [5.74, 6) is 0.728. The Labute approximate surface area is 106 Å². The summed E-state index contributed by atoms with van der Waals surface area (Å²) in [5, 5.41) is 13.7. The van der Waals surface area contributed by atoms with Crippen LogP contribution < -0.4 is 10.6 Å². The van der Waals surface area contributed by atoms with E-state index < -0.39 is 5.97 Å². The van der Waals surface area contributed by atoms with Gasteiger partial charge in [0.25, 0.3) is 0 Å². The van der Waals surface area contributed by atoms with Crippen LogP contribution >= 0.6 is 0 Å².